The number of benzene rings is 1. The first-order valence-corrected chi connectivity index (χ1v) is 10.0. The molecule has 180 valence electrons. The van der Waals surface area contributed by atoms with Crippen LogP contribution in [0.15, 0.2) is 24.3 Å². The smallest absolute Gasteiger partial charge is 0.266 e. The number of aliphatic hydroxyl groups excluding tert-OH is 8. The zero-order valence-electron chi connectivity index (χ0n) is 16.6. The Morgan fingerprint density at radius 1 is 0.875 bits per heavy atom. The topological polar surface area (TPSA) is 207 Å². The van der Waals surface area contributed by atoms with Gasteiger partial charge in [0, 0.05) is 10.6 Å². The van der Waals surface area contributed by atoms with Gasteiger partial charge < -0.3 is 55.1 Å². The van der Waals surface area contributed by atoms with E-state index in [1.807, 2.05) is 0 Å². The molecule has 0 amide bonds. The summed E-state index contributed by atoms with van der Waals surface area (Å²) in [4.78, 5) is 13.5. The van der Waals surface area contributed by atoms with Crippen LogP contribution < -0.4 is 0 Å². The summed E-state index contributed by atoms with van der Waals surface area (Å²) in [5.74, 6) is -6.68. The summed E-state index contributed by atoms with van der Waals surface area (Å²) in [7, 11) is 0. The van der Waals surface area contributed by atoms with Crippen molar-refractivity contribution in [2.75, 3.05) is 19.8 Å². The van der Waals surface area contributed by atoms with Crippen molar-refractivity contribution in [1.82, 2.24) is 0 Å². The van der Waals surface area contributed by atoms with Crippen molar-refractivity contribution in [2.45, 2.75) is 54.3 Å². The average molecular weight is 481 g/mol. The molecule has 13 heteroatoms. The van der Waals surface area contributed by atoms with Crippen LogP contribution in [0, 0.1) is 0 Å². The van der Waals surface area contributed by atoms with Gasteiger partial charge in [0.1, 0.15) is 49.3 Å². The molecule has 2 aliphatic rings. The van der Waals surface area contributed by atoms with Crippen LogP contribution in [-0.4, -0.2) is 121 Å². The van der Waals surface area contributed by atoms with E-state index in [1.165, 1.54) is 24.3 Å². The van der Waals surface area contributed by atoms with Crippen LogP contribution in [0.2, 0.25) is 5.02 Å². The van der Waals surface area contributed by atoms with Gasteiger partial charge in [0.15, 0.2) is 0 Å². The molecule has 0 saturated carbocycles. The number of hydrogen-bond acceptors (Lipinski definition) is 12. The van der Waals surface area contributed by atoms with Gasteiger partial charge in [-0.2, -0.15) is 0 Å². The fourth-order valence-electron chi connectivity index (χ4n) is 3.77. The van der Waals surface area contributed by atoms with E-state index in [1.54, 1.807) is 0 Å². The summed E-state index contributed by atoms with van der Waals surface area (Å²) < 4.78 is 16.3. The maximum atomic E-state index is 13.5. The highest BCUT2D eigenvalue weighted by Gasteiger charge is 2.66. The van der Waals surface area contributed by atoms with Crippen molar-refractivity contribution < 1.29 is 59.9 Å². The summed E-state index contributed by atoms with van der Waals surface area (Å²) >= 11 is 5.84. The van der Waals surface area contributed by atoms with Crippen LogP contribution in [0.25, 0.3) is 0 Å². The Labute approximate surface area is 186 Å². The van der Waals surface area contributed by atoms with Gasteiger partial charge in [-0.25, -0.2) is 0 Å². The Hall–Kier alpha value is -1.26. The first-order chi connectivity index (χ1) is 15.1. The van der Waals surface area contributed by atoms with E-state index in [4.69, 9.17) is 25.8 Å². The summed E-state index contributed by atoms with van der Waals surface area (Å²) in [6.07, 6.45) is -13.1. The number of carbonyl (C=O) groups excluding carboxylic acids is 1. The highest BCUT2D eigenvalue weighted by molar-refractivity contribution is 6.30. The van der Waals surface area contributed by atoms with Gasteiger partial charge in [-0.15, -0.1) is 0 Å². The molecule has 9 atom stereocenters. The van der Waals surface area contributed by atoms with E-state index < -0.39 is 79.9 Å². The lowest BCUT2D eigenvalue weighted by Crippen LogP contribution is -2.72. The van der Waals surface area contributed by atoms with E-state index in [0.29, 0.717) is 0 Å². The van der Waals surface area contributed by atoms with Gasteiger partial charge in [-0.05, 0) is 24.3 Å². The molecule has 2 fully saturated rings. The minimum Gasteiger partial charge on any atom is -0.394 e. The SMILES string of the molecule is O=C(c1ccc(Cl)cc1)[C@@]1(OC2(CO)O[C@H](CO)[C@@H](O)[C@@H]2O)O[C@H](CO)[C@@H](O)[C@H](O)[C@H]1O. The number of ketones is 1. The standard InChI is InChI=1S/C19H25ClO12/c20-9-3-1-8(2-4-9)15(27)19(17(29)14(26)12(24)10(5-21)31-19)32-18(7-23)16(28)13(25)11(6-22)30-18/h1-4,10-14,16-17,21-26,28-29H,5-7H2/t10-,11-,12-,13-,14+,16+,17-,18?,19+/m1/s1. The van der Waals surface area contributed by atoms with Crippen LogP contribution in [0.5, 0.6) is 0 Å². The first kappa shape index (κ1) is 25.4. The molecule has 1 unspecified atom stereocenters. The Morgan fingerprint density at radius 2 is 1.44 bits per heavy atom. The molecule has 3 rings (SSSR count). The Balaban J connectivity index is 2.12. The Kier molecular flexibility index (Phi) is 7.56. The Morgan fingerprint density at radius 3 is 1.94 bits per heavy atom. The van der Waals surface area contributed by atoms with Gasteiger partial charge in [0.05, 0.1) is 13.2 Å². The molecule has 2 aliphatic heterocycles. The third-order valence-corrected chi connectivity index (χ3v) is 5.86. The molecule has 2 heterocycles. The maximum Gasteiger partial charge on any atom is 0.266 e. The van der Waals surface area contributed by atoms with E-state index >= 15 is 0 Å². The largest absolute Gasteiger partial charge is 0.394 e. The molecule has 12 nitrogen and oxygen atoms in total. The number of halogens is 1. The lowest BCUT2D eigenvalue weighted by molar-refractivity contribution is -0.412. The molecule has 32 heavy (non-hydrogen) atoms. The summed E-state index contributed by atoms with van der Waals surface area (Å²) in [5.41, 5.74) is -0.159. The highest BCUT2D eigenvalue weighted by Crippen LogP contribution is 2.42. The van der Waals surface area contributed by atoms with Crippen molar-refractivity contribution in [1.29, 1.82) is 0 Å². The van der Waals surface area contributed by atoms with Crippen molar-refractivity contribution in [3.8, 4) is 0 Å². The fraction of sp³-hybridized carbons (Fsp3) is 0.632. The van der Waals surface area contributed by atoms with E-state index in [-0.39, 0.29) is 10.6 Å². The zero-order chi connectivity index (χ0) is 23.8. The molecule has 0 spiro atoms. The third kappa shape index (κ3) is 4.07. The zero-order valence-corrected chi connectivity index (χ0v) is 17.3. The van der Waals surface area contributed by atoms with Crippen LogP contribution in [0.3, 0.4) is 0 Å². The van der Waals surface area contributed by atoms with Crippen LogP contribution in [0.4, 0.5) is 0 Å². The van der Waals surface area contributed by atoms with Crippen molar-refractivity contribution >= 4 is 17.4 Å². The third-order valence-electron chi connectivity index (χ3n) is 5.60. The van der Waals surface area contributed by atoms with Gasteiger partial charge in [0.2, 0.25) is 11.6 Å². The number of hydrogen-bond donors (Lipinski definition) is 8. The minimum atomic E-state index is -2.94. The fourth-order valence-corrected chi connectivity index (χ4v) is 3.90. The van der Waals surface area contributed by atoms with Gasteiger partial charge in [0.25, 0.3) is 5.79 Å². The van der Waals surface area contributed by atoms with Gasteiger partial charge in [-0.3, -0.25) is 4.79 Å². The Bertz CT molecular complexity index is 806. The van der Waals surface area contributed by atoms with Crippen LogP contribution >= 0.6 is 11.6 Å². The summed E-state index contributed by atoms with van der Waals surface area (Å²) in [6, 6.07) is 5.14. The second kappa shape index (κ2) is 9.54. The van der Waals surface area contributed by atoms with Gasteiger partial charge >= 0.3 is 0 Å². The maximum absolute atomic E-state index is 13.5. The lowest BCUT2D eigenvalue weighted by atomic mass is 9.87. The number of ether oxygens (including phenoxy) is 3. The molecule has 0 bridgehead atoms. The molecule has 0 aromatic heterocycles. The second-order valence-corrected chi connectivity index (χ2v) is 8.05. The number of Topliss-reactive ketones (excluding diaryl/α,β-unsaturated/α-hetero) is 1. The number of rotatable bonds is 7. The lowest BCUT2D eigenvalue weighted by Gasteiger charge is -2.50. The molecule has 0 aliphatic carbocycles. The van der Waals surface area contributed by atoms with E-state index in [2.05, 4.69) is 0 Å². The molecule has 2 saturated heterocycles. The number of aliphatic hydroxyl groups is 8. The summed E-state index contributed by atoms with van der Waals surface area (Å²) in [6.45, 7) is -2.90. The predicted molar refractivity (Wildman–Crippen MR) is 103 cm³/mol. The molecular formula is C19H25ClO12. The van der Waals surface area contributed by atoms with Crippen molar-refractivity contribution in [3.05, 3.63) is 34.9 Å². The van der Waals surface area contributed by atoms with Crippen molar-refractivity contribution in [3.63, 3.8) is 0 Å². The summed E-state index contributed by atoms with van der Waals surface area (Å²) in [5, 5.41) is 81.0. The molecule has 1 aromatic carbocycles. The molecule has 8 N–H and O–H groups in total. The average Bonchev–Trinajstić information content (AvgIpc) is 3.04. The second-order valence-electron chi connectivity index (χ2n) is 7.61. The first-order valence-electron chi connectivity index (χ1n) is 9.66. The predicted octanol–water partition coefficient (Wildman–Crippen LogP) is -3.49. The number of carbonyl (C=O) groups is 1. The van der Waals surface area contributed by atoms with Crippen LogP contribution in [0.1, 0.15) is 10.4 Å². The van der Waals surface area contributed by atoms with E-state index in [9.17, 15) is 45.6 Å². The van der Waals surface area contributed by atoms with Crippen molar-refractivity contribution in [2.24, 2.45) is 0 Å². The quantitative estimate of drug-likeness (QED) is 0.179. The van der Waals surface area contributed by atoms with Gasteiger partial charge in [-0.1, -0.05) is 11.6 Å². The monoisotopic (exact) mass is 480 g/mol. The molecule has 1 aromatic rings. The van der Waals surface area contributed by atoms with Crippen LogP contribution in [-0.2, 0) is 14.2 Å². The molecule has 0 radical (unpaired) electrons. The van der Waals surface area contributed by atoms with E-state index in [0.717, 1.165) is 0 Å². The highest BCUT2D eigenvalue weighted by atomic mass is 35.5. The normalized spacial score (nSPS) is 42.2. The minimum absolute atomic E-state index is 0.159. The molecular weight excluding hydrogens is 456 g/mol.